The van der Waals surface area contributed by atoms with Crippen LogP contribution in [-0.4, -0.2) is 12.2 Å². The maximum Gasteiger partial charge on any atom is 0.221 e. The summed E-state index contributed by atoms with van der Waals surface area (Å²) in [6, 6.07) is 5.55. The average molecular weight is 255 g/mol. The van der Waals surface area contributed by atoms with Gasteiger partial charge in [-0.1, -0.05) is 11.6 Å². The number of hydrogen-bond acceptors (Lipinski definition) is 3. The fourth-order valence-corrected chi connectivity index (χ4v) is 1.74. The van der Waals surface area contributed by atoms with Crippen molar-refractivity contribution < 1.29 is 9.59 Å². The summed E-state index contributed by atoms with van der Waals surface area (Å²) in [5.74, 6) is 5.12. The summed E-state index contributed by atoms with van der Waals surface area (Å²) in [5, 5.41) is 0.799. The molecule has 0 bridgehead atoms. The van der Waals surface area contributed by atoms with E-state index in [0.717, 1.165) is 16.1 Å². The molecule has 92 valence electrons. The van der Waals surface area contributed by atoms with Gasteiger partial charge in [0, 0.05) is 10.6 Å². The van der Waals surface area contributed by atoms with Crippen LogP contribution in [0.25, 0.3) is 0 Å². The zero-order valence-corrected chi connectivity index (χ0v) is 10.3. The molecule has 0 unspecified atom stereocenters. The molecule has 5 heteroatoms. The molecule has 0 saturated heterocycles. The molecule has 0 atom stereocenters. The van der Waals surface area contributed by atoms with Gasteiger partial charge in [-0.2, -0.15) is 0 Å². The van der Waals surface area contributed by atoms with Crippen molar-refractivity contribution in [2.75, 3.05) is 0 Å². The van der Waals surface area contributed by atoms with Gasteiger partial charge in [-0.05, 0) is 49.4 Å². The standard InChI is InChI=1S/C11H11ClO.CH4N2O/c1-7(13)9-4-5-11(12)10(6-9)8-2-3-8;2-3-1-4/h4-6,8H,2-3H2,1H3;1H,2H2,(H,3,4). The number of ketones is 1. The van der Waals surface area contributed by atoms with Crippen LogP contribution in [0.2, 0.25) is 5.02 Å². The van der Waals surface area contributed by atoms with E-state index in [1.165, 1.54) is 12.8 Å². The zero-order valence-electron chi connectivity index (χ0n) is 9.57. The largest absolute Gasteiger partial charge is 0.297 e. The number of benzene rings is 1. The van der Waals surface area contributed by atoms with Crippen molar-refractivity contribution in [3.63, 3.8) is 0 Å². The van der Waals surface area contributed by atoms with E-state index in [2.05, 4.69) is 5.84 Å². The molecule has 1 saturated carbocycles. The van der Waals surface area contributed by atoms with E-state index >= 15 is 0 Å². The van der Waals surface area contributed by atoms with E-state index in [9.17, 15) is 4.79 Å². The highest BCUT2D eigenvalue weighted by Crippen LogP contribution is 2.43. The lowest BCUT2D eigenvalue weighted by atomic mass is 10.1. The first-order valence-corrected chi connectivity index (χ1v) is 5.68. The van der Waals surface area contributed by atoms with Gasteiger partial charge in [0.25, 0.3) is 0 Å². The molecule has 1 aliphatic carbocycles. The fourth-order valence-electron chi connectivity index (χ4n) is 1.47. The van der Waals surface area contributed by atoms with Gasteiger partial charge in [-0.3, -0.25) is 15.0 Å². The summed E-state index contributed by atoms with van der Waals surface area (Å²) in [4.78, 5) is 20.0. The first kappa shape index (κ1) is 13.7. The van der Waals surface area contributed by atoms with Crippen LogP contribution in [0.3, 0.4) is 0 Å². The van der Waals surface area contributed by atoms with Crippen LogP contribution in [0.15, 0.2) is 18.2 Å². The Hall–Kier alpha value is -1.39. The van der Waals surface area contributed by atoms with E-state index < -0.39 is 0 Å². The smallest absolute Gasteiger partial charge is 0.221 e. The molecule has 1 aromatic carbocycles. The van der Waals surface area contributed by atoms with Crippen LogP contribution < -0.4 is 11.3 Å². The van der Waals surface area contributed by atoms with E-state index in [4.69, 9.17) is 16.4 Å². The predicted molar refractivity (Wildman–Crippen MR) is 66.8 cm³/mol. The quantitative estimate of drug-likeness (QED) is 0.285. The molecule has 0 aliphatic heterocycles. The number of Topliss-reactive ketones (excluding diaryl/α,β-unsaturated/α-hetero) is 1. The van der Waals surface area contributed by atoms with Crippen LogP contribution in [0.5, 0.6) is 0 Å². The third kappa shape index (κ3) is 4.17. The van der Waals surface area contributed by atoms with Crippen molar-refractivity contribution >= 4 is 23.8 Å². The number of nitrogens with one attached hydrogen (secondary N) is 1. The number of carbonyl (C=O) groups is 2. The van der Waals surface area contributed by atoms with Gasteiger partial charge in [0.1, 0.15) is 0 Å². The first-order chi connectivity index (χ1) is 8.10. The van der Waals surface area contributed by atoms with Crippen molar-refractivity contribution in [3.8, 4) is 0 Å². The zero-order chi connectivity index (χ0) is 12.8. The Morgan fingerprint density at radius 1 is 1.53 bits per heavy atom. The van der Waals surface area contributed by atoms with Crippen LogP contribution in [0.1, 0.15) is 41.6 Å². The average Bonchev–Trinajstić information content (AvgIpc) is 3.14. The molecule has 1 aromatic rings. The van der Waals surface area contributed by atoms with Crippen molar-refractivity contribution in [3.05, 3.63) is 34.3 Å². The Morgan fingerprint density at radius 2 is 2.12 bits per heavy atom. The molecule has 2 rings (SSSR count). The SMILES string of the molecule is CC(=O)c1ccc(Cl)c(C2CC2)c1.NNC=O. The Labute approximate surface area is 105 Å². The lowest BCUT2D eigenvalue weighted by Gasteiger charge is -2.03. The second-order valence-electron chi connectivity index (χ2n) is 3.85. The molecule has 1 amide bonds. The maximum absolute atomic E-state index is 11.1. The molecule has 3 N–H and O–H groups in total. The van der Waals surface area contributed by atoms with Crippen LogP contribution >= 0.6 is 11.6 Å². The second-order valence-corrected chi connectivity index (χ2v) is 4.26. The summed E-state index contributed by atoms with van der Waals surface area (Å²) in [7, 11) is 0. The van der Waals surface area contributed by atoms with Crippen molar-refractivity contribution in [2.45, 2.75) is 25.7 Å². The summed E-state index contributed by atoms with van der Waals surface area (Å²) >= 11 is 6.02. The van der Waals surface area contributed by atoms with Gasteiger partial charge in [-0.15, -0.1) is 0 Å². The Kier molecular flexibility index (Phi) is 5.12. The second kappa shape index (κ2) is 6.37. The highest BCUT2D eigenvalue weighted by molar-refractivity contribution is 6.31. The molecule has 0 heterocycles. The highest BCUT2D eigenvalue weighted by atomic mass is 35.5. The van der Waals surface area contributed by atoms with Gasteiger partial charge < -0.3 is 0 Å². The van der Waals surface area contributed by atoms with E-state index in [1.807, 2.05) is 12.1 Å². The van der Waals surface area contributed by atoms with Gasteiger partial charge in [0.2, 0.25) is 6.41 Å². The first-order valence-electron chi connectivity index (χ1n) is 5.30. The number of carbonyl (C=O) groups excluding carboxylic acids is 2. The molecule has 1 fully saturated rings. The minimum atomic E-state index is 0.110. The third-order valence-corrected chi connectivity index (χ3v) is 2.83. The summed E-state index contributed by atoms with van der Waals surface area (Å²) in [6.45, 7) is 1.58. The van der Waals surface area contributed by atoms with Crippen LogP contribution in [0, 0.1) is 0 Å². The number of nitrogens with two attached hydrogens (primary N) is 1. The molecule has 0 radical (unpaired) electrons. The van der Waals surface area contributed by atoms with Crippen LogP contribution in [0.4, 0.5) is 0 Å². The van der Waals surface area contributed by atoms with Crippen LogP contribution in [-0.2, 0) is 4.79 Å². The highest BCUT2D eigenvalue weighted by Gasteiger charge is 2.26. The van der Waals surface area contributed by atoms with Crippen molar-refractivity contribution in [1.82, 2.24) is 5.43 Å². The number of halogens is 1. The lowest BCUT2D eigenvalue weighted by molar-refractivity contribution is -0.109. The van der Waals surface area contributed by atoms with E-state index in [0.29, 0.717) is 12.3 Å². The summed E-state index contributed by atoms with van der Waals surface area (Å²) in [5.41, 5.74) is 3.67. The molecule has 4 nitrogen and oxygen atoms in total. The Bertz CT molecular complexity index is 417. The molecule has 0 spiro atoms. The lowest BCUT2D eigenvalue weighted by Crippen LogP contribution is -2.18. The Morgan fingerprint density at radius 3 is 2.53 bits per heavy atom. The monoisotopic (exact) mass is 254 g/mol. The topological polar surface area (TPSA) is 72.2 Å². The molecule has 17 heavy (non-hydrogen) atoms. The summed E-state index contributed by atoms with van der Waals surface area (Å²) < 4.78 is 0. The summed E-state index contributed by atoms with van der Waals surface area (Å²) in [6.07, 6.45) is 2.82. The maximum atomic E-state index is 11.1. The molecule has 0 aromatic heterocycles. The number of hydrogen-bond donors (Lipinski definition) is 2. The molecular formula is C12H15ClN2O2. The van der Waals surface area contributed by atoms with Gasteiger partial charge in [0.15, 0.2) is 5.78 Å². The van der Waals surface area contributed by atoms with E-state index in [1.54, 1.807) is 18.4 Å². The minimum Gasteiger partial charge on any atom is -0.297 e. The van der Waals surface area contributed by atoms with Crippen molar-refractivity contribution in [2.24, 2.45) is 5.84 Å². The fraction of sp³-hybridized carbons (Fsp3) is 0.333. The van der Waals surface area contributed by atoms with E-state index in [-0.39, 0.29) is 5.78 Å². The molecule has 1 aliphatic rings. The van der Waals surface area contributed by atoms with Gasteiger partial charge in [-0.25, -0.2) is 5.84 Å². The third-order valence-electron chi connectivity index (χ3n) is 2.49. The number of rotatable bonds is 3. The minimum absolute atomic E-state index is 0.110. The normalized spacial score (nSPS) is 13.4. The van der Waals surface area contributed by atoms with Gasteiger partial charge in [0.05, 0.1) is 0 Å². The predicted octanol–water partition coefficient (Wildman–Crippen LogP) is 2.03. The number of hydrazine groups is 1. The van der Waals surface area contributed by atoms with Gasteiger partial charge >= 0.3 is 0 Å². The number of amides is 1. The van der Waals surface area contributed by atoms with Crippen molar-refractivity contribution in [1.29, 1.82) is 0 Å². The Balaban J connectivity index is 0.000000317. The molecular weight excluding hydrogens is 240 g/mol.